The molecule has 0 amide bonds. The molecule has 0 aromatic heterocycles. The Balaban J connectivity index is 0.00000264. The molecule has 5 heteroatoms. The molecule has 0 radical (unpaired) electrons. The summed E-state index contributed by atoms with van der Waals surface area (Å²) in [5, 5.41) is 3.51. The van der Waals surface area contributed by atoms with Crippen LogP contribution < -0.4 is 14.8 Å². The van der Waals surface area contributed by atoms with E-state index in [1.807, 2.05) is 13.0 Å². The van der Waals surface area contributed by atoms with Gasteiger partial charge in [0.25, 0.3) is 0 Å². The molecule has 1 aliphatic rings. The molecule has 1 saturated heterocycles. The SMILES string of the molecule is CCCOc1ccc(C=O)c(OCCC2CCCCN2)c1C.Cl. The van der Waals surface area contributed by atoms with Crippen LogP contribution in [0.25, 0.3) is 0 Å². The largest absolute Gasteiger partial charge is 0.493 e. The highest BCUT2D eigenvalue weighted by molar-refractivity contribution is 5.85. The first-order chi connectivity index (χ1) is 10.8. The summed E-state index contributed by atoms with van der Waals surface area (Å²) >= 11 is 0. The van der Waals surface area contributed by atoms with Crippen LogP contribution in [0.1, 0.15) is 54.9 Å². The lowest BCUT2D eigenvalue weighted by atomic mass is 10.0. The Hall–Kier alpha value is -1.26. The van der Waals surface area contributed by atoms with E-state index in [0.29, 0.717) is 30.6 Å². The summed E-state index contributed by atoms with van der Waals surface area (Å²) in [5.74, 6) is 1.47. The number of aldehydes is 1. The zero-order valence-electron chi connectivity index (χ0n) is 14.1. The summed E-state index contributed by atoms with van der Waals surface area (Å²) < 4.78 is 11.6. The molecule has 23 heavy (non-hydrogen) atoms. The molecule has 1 aromatic carbocycles. The van der Waals surface area contributed by atoms with E-state index in [4.69, 9.17) is 9.47 Å². The number of carbonyl (C=O) groups excluding carboxylic acids is 1. The minimum absolute atomic E-state index is 0. The Labute approximate surface area is 145 Å². The summed E-state index contributed by atoms with van der Waals surface area (Å²) in [7, 11) is 0. The van der Waals surface area contributed by atoms with Crippen molar-refractivity contribution < 1.29 is 14.3 Å². The quantitative estimate of drug-likeness (QED) is 0.728. The van der Waals surface area contributed by atoms with Crippen molar-refractivity contribution in [3.8, 4) is 11.5 Å². The van der Waals surface area contributed by atoms with Crippen LogP contribution in [0.4, 0.5) is 0 Å². The highest BCUT2D eigenvalue weighted by Crippen LogP contribution is 2.31. The molecule has 1 unspecified atom stereocenters. The molecule has 1 fully saturated rings. The lowest BCUT2D eigenvalue weighted by Crippen LogP contribution is -2.35. The number of hydrogen-bond acceptors (Lipinski definition) is 4. The maximum Gasteiger partial charge on any atom is 0.153 e. The summed E-state index contributed by atoms with van der Waals surface area (Å²) in [4.78, 5) is 11.2. The molecule has 130 valence electrons. The highest BCUT2D eigenvalue weighted by atomic mass is 35.5. The van der Waals surface area contributed by atoms with Gasteiger partial charge in [-0.05, 0) is 51.3 Å². The van der Waals surface area contributed by atoms with Crippen molar-refractivity contribution >= 4 is 18.7 Å². The van der Waals surface area contributed by atoms with Gasteiger partial charge >= 0.3 is 0 Å². The molecule has 1 aromatic rings. The molecule has 0 spiro atoms. The Morgan fingerprint density at radius 3 is 2.74 bits per heavy atom. The smallest absolute Gasteiger partial charge is 0.153 e. The second-order valence-electron chi connectivity index (χ2n) is 5.86. The van der Waals surface area contributed by atoms with Crippen LogP contribution in [0.15, 0.2) is 12.1 Å². The average Bonchev–Trinajstić information content (AvgIpc) is 2.56. The van der Waals surface area contributed by atoms with Gasteiger partial charge in [0.15, 0.2) is 6.29 Å². The van der Waals surface area contributed by atoms with Gasteiger partial charge in [-0.25, -0.2) is 0 Å². The number of piperidine rings is 1. The molecule has 4 nitrogen and oxygen atoms in total. The van der Waals surface area contributed by atoms with Gasteiger partial charge in [0.1, 0.15) is 11.5 Å². The number of hydrogen-bond donors (Lipinski definition) is 1. The second kappa shape index (κ2) is 10.5. The standard InChI is InChI=1S/C18H27NO3.ClH/c1-3-11-21-17-8-7-15(13-20)18(14(17)2)22-12-9-16-6-4-5-10-19-16;/h7-8,13,16,19H,3-6,9-12H2,1-2H3;1H. The van der Waals surface area contributed by atoms with Gasteiger partial charge in [-0.1, -0.05) is 13.3 Å². The minimum atomic E-state index is 0. The van der Waals surface area contributed by atoms with E-state index in [2.05, 4.69) is 12.2 Å². The maximum atomic E-state index is 11.2. The first kappa shape index (κ1) is 19.8. The Kier molecular flexibility index (Phi) is 9.03. The van der Waals surface area contributed by atoms with Gasteiger partial charge < -0.3 is 14.8 Å². The number of rotatable bonds is 8. The predicted octanol–water partition coefficient (Wildman–Crippen LogP) is 3.93. The van der Waals surface area contributed by atoms with E-state index in [9.17, 15) is 4.79 Å². The molecular weight excluding hydrogens is 314 g/mol. The summed E-state index contributed by atoms with van der Waals surface area (Å²) in [6.07, 6.45) is 6.54. The Morgan fingerprint density at radius 2 is 2.09 bits per heavy atom. The number of carbonyl (C=O) groups is 1. The number of nitrogens with one attached hydrogen (secondary N) is 1. The fraction of sp³-hybridized carbons (Fsp3) is 0.611. The normalized spacial score (nSPS) is 17.2. The summed E-state index contributed by atoms with van der Waals surface area (Å²) in [6.45, 7) is 6.42. The van der Waals surface area contributed by atoms with Crippen LogP contribution in [-0.4, -0.2) is 32.1 Å². The lowest BCUT2D eigenvalue weighted by molar-refractivity contribution is 0.111. The monoisotopic (exact) mass is 341 g/mol. The summed E-state index contributed by atoms with van der Waals surface area (Å²) in [6, 6.07) is 4.16. The zero-order chi connectivity index (χ0) is 15.8. The van der Waals surface area contributed by atoms with Crippen LogP contribution in [0.5, 0.6) is 11.5 Å². The van der Waals surface area contributed by atoms with E-state index in [-0.39, 0.29) is 12.4 Å². The number of halogens is 1. The van der Waals surface area contributed by atoms with Gasteiger partial charge in [-0.2, -0.15) is 0 Å². The van der Waals surface area contributed by atoms with Crippen LogP contribution in [0.2, 0.25) is 0 Å². The van der Waals surface area contributed by atoms with Crippen molar-refractivity contribution in [1.29, 1.82) is 0 Å². The molecule has 1 atom stereocenters. The maximum absolute atomic E-state index is 11.2. The lowest BCUT2D eigenvalue weighted by Gasteiger charge is -2.23. The first-order valence-corrected chi connectivity index (χ1v) is 8.34. The fourth-order valence-electron chi connectivity index (χ4n) is 2.82. The molecule has 0 aliphatic carbocycles. The molecule has 0 saturated carbocycles. The first-order valence-electron chi connectivity index (χ1n) is 8.34. The molecular formula is C18H28ClNO3. The van der Waals surface area contributed by atoms with Crippen LogP contribution >= 0.6 is 12.4 Å². The number of ether oxygens (including phenoxy) is 2. The molecule has 2 rings (SSSR count). The van der Waals surface area contributed by atoms with Crippen molar-refractivity contribution in [1.82, 2.24) is 5.32 Å². The predicted molar refractivity (Wildman–Crippen MR) is 95.4 cm³/mol. The third-order valence-electron chi connectivity index (χ3n) is 4.10. The summed E-state index contributed by atoms with van der Waals surface area (Å²) in [5.41, 5.74) is 1.51. The van der Waals surface area contributed by atoms with E-state index >= 15 is 0 Å². The van der Waals surface area contributed by atoms with Gasteiger partial charge in [0, 0.05) is 11.6 Å². The van der Waals surface area contributed by atoms with Crippen molar-refractivity contribution in [3.05, 3.63) is 23.3 Å². The van der Waals surface area contributed by atoms with Gasteiger partial charge in [-0.3, -0.25) is 4.79 Å². The van der Waals surface area contributed by atoms with Crippen molar-refractivity contribution in [3.63, 3.8) is 0 Å². The van der Waals surface area contributed by atoms with E-state index in [1.54, 1.807) is 6.07 Å². The van der Waals surface area contributed by atoms with Crippen LogP contribution in [0.3, 0.4) is 0 Å². The van der Waals surface area contributed by atoms with Gasteiger partial charge in [0.2, 0.25) is 0 Å². The van der Waals surface area contributed by atoms with Crippen molar-refractivity contribution in [2.24, 2.45) is 0 Å². The topological polar surface area (TPSA) is 47.6 Å². The van der Waals surface area contributed by atoms with Gasteiger partial charge in [-0.15, -0.1) is 12.4 Å². The minimum Gasteiger partial charge on any atom is -0.493 e. The van der Waals surface area contributed by atoms with E-state index < -0.39 is 0 Å². The average molecular weight is 342 g/mol. The third kappa shape index (κ3) is 5.70. The zero-order valence-corrected chi connectivity index (χ0v) is 14.9. The Bertz CT molecular complexity index is 487. The van der Waals surface area contributed by atoms with Crippen LogP contribution in [0, 0.1) is 6.92 Å². The fourth-order valence-corrected chi connectivity index (χ4v) is 2.82. The molecule has 0 bridgehead atoms. The van der Waals surface area contributed by atoms with Crippen LogP contribution in [-0.2, 0) is 0 Å². The molecule has 1 aliphatic heterocycles. The second-order valence-corrected chi connectivity index (χ2v) is 5.86. The van der Waals surface area contributed by atoms with Gasteiger partial charge in [0.05, 0.1) is 18.8 Å². The molecule has 1 heterocycles. The Morgan fingerprint density at radius 1 is 1.26 bits per heavy atom. The van der Waals surface area contributed by atoms with Crippen molar-refractivity contribution in [2.75, 3.05) is 19.8 Å². The van der Waals surface area contributed by atoms with E-state index in [1.165, 1.54) is 19.3 Å². The van der Waals surface area contributed by atoms with Crippen molar-refractivity contribution in [2.45, 2.75) is 52.0 Å². The highest BCUT2D eigenvalue weighted by Gasteiger charge is 2.15. The third-order valence-corrected chi connectivity index (χ3v) is 4.10. The van der Waals surface area contributed by atoms with E-state index in [0.717, 1.165) is 37.0 Å². The number of benzene rings is 1. The molecule has 1 N–H and O–H groups in total.